The minimum Gasteiger partial charge on any atom is -0.374 e. The Labute approximate surface area is 135 Å². The van der Waals surface area contributed by atoms with Crippen molar-refractivity contribution in [3.63, 3.8) is 0 Å². The van der Waals surface area contributed by atoms with E-state index in [1.165, 1.54) is 11.3 Å². The summed E-state index contributed by atoms with van der Waals surface area (Å²) in [5, 5.41) is 12.1. The molecule has 3 N–H and O–H groups in total. The van der Waals surface area contributed by atoms with Crippen molar-refractivity contribution in [3.05, 3.63) is 40.9 Å². The van der Waals surface area contributed by atoms with E-state index in [4.69, 9.17) is 5.73 Å². The van der Waals surface area contributed by atoms with Gasteiger partial charge >= 0.3 is 0 Å². The fraction of sp³-hybridized carbons (Fsp3) is 0.438. The van der Waals surface area contributed by atoms with Crippen molar-refractivity contribution in [3.8, 4) is 0 Å². The third-order valence-corrected chi connectivity index (χ3v) is 4.06. The molecule has 0 aliphatic carbocycles. The van der Waals surface area contributed by atoms with E-state index in [9.17, 15) is 4.79 Å². The molecule has 22 heavy (non-hydrogen) atoms. The number of nitrogens with zero attached hydrogens (tertiary/aromatic N) is 2. The normalized spacial score (nSPS) is 12.9. The lowest BCUT2D eigenvalue weighted by atomic mass is 9.90. The van der Waals surface area contributed by atoms with Crippen LogP contribution in [-0.4, -0.2) is 16.1 Å². The number of carbonyl (C=O) groups excluding carboxylic acids is 1. The first-order valence-corrected chi connectivity index (χ1v) is 8.10. The number of nitrogens with two attached hydrogens (primary N) is 1. The first kappa shape index (κ1) is 16.4. The van der Waals surface area contributed by atoms with Crippen LogP contribution < -0.4 is 11.1 Å². The van der Waals surface area contributed by atoms with Crippen molar-refractivity contribution < 1.29 is 4.79 Å². The molecule has 118 valence electrons. The molecule has 1 unspecified atom stereocenters. The third kappa shape index (κ3) is 4.80. The maximum Gasteiger partial charge on any atom is 0.220 e. The molecule has 1 heterocycles. The molecule has 0 spiro atoms. The standard InChI is InChI=1S/C16H22N4OS/c1-16(2,3)10-9-12(21)18-13(11-7-5-4-6-8-11)14-19-20-15(17)22-14/h4-8,13H,9-10H2,1-3H3,(H2,17,20)(H,18,21). The van der Waals surface area contributed by atoms with E-state index >= 15 is 0 Å². The molecule has 0 aliphatic rings. The lowest BCUT2D eigenvalue weighted by Crippen LogP contribution is -2.30. The summed E-state index contributed by atoms with van der Waals surface area (Å²) in [5.74, 6) is 0.0116. The Morgan fingerprint density at radius 3 is 2.50 bits per heavy atom. The van der Waals surface area contributed by atoms with Crippen molar-refractivity contribution in [2.24, 2.45) is 5.41 Å². The van der Waals surface area contributed by atoms with Gasteiger partial charge in [-0.3, -0.25) is 4.79 Å². The van der Waals surface area contributed by atoms with Crippen LogP contribution in [0, 0.1) is 5.41 Å². The van der Waals surface area contributed by atoms with Crippen molar-refractivity contribution in [2.75, 3.05) is 5.73 Å². The Morgan fingerprint density at radius 2 is 1.95 bits per heavy atom. The highest BCUT2D eigenvalue weighted by Crippen LogP contribution is 2.26. The van der Waals surface area contributed by atoms with Gasteiger partial charge in [-0.2, -0.15) is 0 Å². The van der Waals surface area contributed by atoms with E-state index in [0.29, 0.717) is 16.6 Å². The van der Waals surface area contributed by atoms with Crippen molar-refractivity contribution in [1.82, 2.24) is 15.5 Å². The highest BCUT2D eigenvalue weighted by Gasteiger charge is 2.21. The molecule has 5 nitrogen and oxygen atoms in total. The number of anilines is 1. The zero-order valence-corrected chi connectivity index (χ0v) is 14.0. The predicted molar refractivity (Wildman–Crippen MR) is 89.4 cm³/mol. The van der Waals surface area contributed by atoms with Crippen molar-refractivity contribution >= 4 is 22.4 Å². The van der Waals surface area contributed by atoms with Gasteiger partial charge < -0.3 is 11.1 Å². The maximum absolute atomic E-state index is 12.3. The Bertz CT molecular complexity index is 619. The molecule has 0 saturated carbocycles. The van der Waals surface area contributed by atoms with Gasteiger partial charge in [0, 0.05) is 6.42 Å². The van der Waals surface area contributed by atoms with Gasteiger partial charge in [-0.1, -0.05) is 62.4 Å². The number of nitrogens with one attached hydrogen (secondary N) is 1. The molecule has 1 atom stereocenters. The predicted octanol–water partition coefficient (Wildman–Crippen LogP) is 3.15. The first-order valence-electron chi connectivity index (χ1n) is 7.28. The third-order valence-electron chi connectivity index (χ3n) is 3.24. The Morgan fingerprint density at radius 1 is 1.27 bits per heavy atom. The van der Waals surface area contributed by atoms with E-state index in [0.717, 1.165) is 12.0 Å². The lowest BCUT2D eigenvalue weighted by Gasteiger charge is -2.20. The summed E-state index contributed by atoms with van der Waals surface area (Å²) < 4.78 is 0. The lowest BCUT2D eigenvalue weighted by molar-refractivity contribution is -0.122. The van der Waals surface area contributed by atoms with Crippen LogP contribution in [0.3, 0.4) is 0 Å². The van der Waals surface area contributed by atoms with E-state index < -0.39 is 0 Å². The number of aromatic nitrogens is 2. The van der Waals surface area contributed by atoms with E-state index in [2.05, 4.69) is 36.3 Å². The molecule has 1 aromatic heterocycles. The fourth-order valence-electron chi connectivity index (χ4n) is 2.02. The highest BCUT2D eigenvalue weighted by atomic mass is 32.1. The summed E-state index contributed by atoms with van der Waals surface area (Å²) in [6, 6.07) is 9.44. The van der Waals surface area contributed by atoms with Crippen LogP contribution in [0.5, 0.6) is 0 Å². The van der Waals surface area contributed by atoms with E-state index in [-0.39, 0.29) is 17.4 Å². The number of benzene rings is 1. The minimum atomic E-state index is -0.302. The summed E-state index contributed by atoms with van der Waals surface area (Å²) in [7, 11) is 0. The largest absolute Gasteiger partial charge is 0.374 e. The monoisotopic (exact) mass is 318 g/mol. The molecule has 2 aromatic rings. The van der Waals surface area contributed by atoms with Gasteiger partial charge in [-0.05, 0) is 17.4 Å². The molecule has 0 aliphatic heterocycles. The number of nitrogen functional groups attached to an aromatic ring is 1. The quantitative estimate of drug-likeness (QED) is 0.887. The summed E-state index contributed by atoms with van der Waals surface area (Å²) in [6.07, 6.45) is 1.32. The second-order valence-electron chi connectivity index (χ2n) is 6.45. The number of hydrogen-bond donors (Lipinski definition) is 2. The van der Waals surface area contributed by atoms with Gasteiger partial charge in [0.05, 0.1) is 0 Å². The number of hydrogen-bond acceptors (Lipinski definition) is 5. The Kier molecular flexibility index (Phi) is 5.13. The van der Waals surface area contributed by atoms with Crippen LogP contribution in [0.25, 0.3) is 0 Å². The van der Waals surface area contributed by atoms with Gasteiger partial charge in [-0.15, -0.1) is 10.2 Å². The van der Waals surface area contributed by atoms with Crippen LogP contribution in [-0.2, 0) is 4.79 Å². The molecule has 0 radical (unpaired) electrons. The van der Waals surface area contributed by atoms with Gasteiger partial charge in [0.1, 0.15) is 11.0 Å². The van der Waals surface area contributed by atoms with Gasteiger partial charge in [0.25, 0.3) is 0 Å². The fourth-order valence-corrected chi connectivity index (χ4v) is 2.71. The molecule has 0 saturated heterocycles. The molecule has 6 heteroatoms. The second kappa shape index (κ2) is 6.87. The molecular formula is C16H22N4OS. The average Bonchev–Trinajstić information content (AvgIpc) is 2.89. The zero-order chi connectivity index (χ0) is 16.2. The summed E-state index contributed by atoms with van der Waals surface area (Å²) in [6.45, 7) is 6.38. The molecule has 2 rings (SSSR count). The number of carbonyl (C=O) groups is 1. The number of rotatable bonds is 5. The first-order chi connectivity index (χ1) is 10.3. The van der Waals surface area contributed by atoms with E-state index in [1.54, 1.807) is 0 Å². The summed E-state index contributed by atoms with van der Waals surface area (Å²) in [4.78, 5) is 12.3. The van der Waals surface area contributed by atoms with Gasteiger partial charge in [-0.25, -0.2) is 0 Å². The average molecular weight is 318 g/mol. The zero-order valence-electron chi connectivity index (χ0n) is 13.2. The summed E-state index contributed by atoms with van der Waals surface area (Å²) >= 11 is 1.30. The Hall–Kier alpha value is -1.95. The second-order valence-corrected chi connectivity index (χ2v) is 7.49. The molecule has 0 fully saturated rings. The molecular weight excluding hydrogens is 296 g/mol. The van der Waals surface area contributed by atoms with Crippen LogP contribution in [0.4, 0.5) is 5.13 Å². The van der Waals surface area contributed by atoms with E-state index in [1.807, 2.05) is 30.3 Å². The van der Waals surface area contributed by atoms with Gasteiger partial charge in [0.2, 0.25) is 11.0 Å². The van der Waals surface area contributed by atoms with Crippen LogP contribution in [0.15, 0.2) is 30.3 Å². The number of amides is 1. The Balaban J connectivity index is 2.14. The molecule has 1 amide bonds. The topological polar surface area (TPSA) is 80.9 Å². The highest BCUT2D eigenvalue weighted by molar-refractivity contribution is 7.15. The van der Waals surface area contributed by atoms with Crippen LogP contribution in [0.1, 0.15) is 50.2 Å². The van der Waals surface area contributed by atoms with Crippen LogP contribution >= 0.6 is 11.3 Å². The van der Waals surface area contributed by atoms with Gasteiger partial charge in [0.15, 0.2) is 0 Å². The SMILES string of the molecule is CC(C)(C)CCC(=O)NC(c1ccccc1)c1nnc(N)s1. The maximum atomic E-state index is 12.3. The van der Waals surface area contributed by atoms with Crippen molar-refractivity contribution in [1.29, 1.82) is 0 Å². The molecule has 0 bridgehead atoms. The molecule has 1 aromatic carbocycles. The minimum absolute atomic E-state index is 0.0116. The van der Waals surface area contributed by atoms with Crippen LogP contribution in [0.2, 0.25) is 0 Å². The van der Waals surface area contributed by atoms with Crippen molar-refractivity contribution in [2.45, 2.75) is 39.7 Å². The smallest absolute Gasteiger partial charge is 0.220 e. The summed E-state index contributed by atoms with van der Waals surface area (Å²) in [5.41, 5.74) is 6.78.